The van der Waals surface area contributed by atoms with Gasteiger partial charge in [-0.3, -0.25) is 4.79 Å². The van der Waals surface area contributed by atoms with Gasteiger partial charge in [-0.15, -0.1) is 0 Å². The van der Waals surface area contributed by atoms with E-state index < -0.39 is 5.97 Å². The van der Waals surface area contributed by atoms with Crippen molar-refractivity contribution < 1.29 is 19.7 Å². The van der Waals surface area contributed by atoms with Crippen LogP contribution in [0.15, 0.2) is 18.2 Å². The third kappa shape index (κ3) is 2.81. The third-order valence-corrected chi connectivity index (χ3v) is 1.83. The molecular formula is C9H9ClO4. The number of rotatable bonds is 4. The van der Waals surface area contributed by atoms with Crippen LogP contribution in [0.2, 0.25) is 5.02 Å². The molecule has 0 heterocycles. The van der Waals surface area contributed by atoms with Crippen LogP contribution in [0.4, 0.5) is 0 Å². The van der Waals surface area contributed by atoms with Gasteiger partial charge in [-0.25, -0.2) is 0 Å². The first kappa shape index (κ1) is 10.7. The molecule has 0 saturated carbocycles. The van der Waals surface area contributed by atoms with Gasteiger partial charge in [0.2, 0.25) is 0 Å². The standard InChI is InChI=1S/C9H9ClO4/c10-6-2-1-3-7(9(6)13)14-5-4-8(11)12/h1-3,13H,4-5H2,(H,11,12). The number of benzene rings is 1. The van der Waals surface area contributed by atoms with Crippen molar-refractivity contribution >= 4 is 17.6 Å². The molecule has 5 heteroatoms. The summed E-state index contributed by atoms with van der Waals surface area (Å²) in [6, 6.07) is 4.64. The van der Waals surface area contributed by atoms with Crippen LogP contribution in [-0.4, -0.2) is 22.8 Å². The minimum atomic E-state index is -0.952. The van der Waals surface area contributed by atoms with Gasteiger partial charge >= 0.3 is 5.97 Å². The Morgan fingerprint density at radius 1 is 1.50 bits per heavy atom. The molecule has 1 aromatic carbocycles. The van der Waals surface area contributed by atoms with E-state index in [-0.39, 0.29) is 29.5 Å². The second-order valence-corrected chi connectivity index (χ2v) is 2.99. The minimum absolute atomic E-state index is 0.00321. The van der Waals surface area contributed by atoms with Gasteiger partial charge in [0, 0.05) is 0 Å². The van der Waals surface area contributed by atoms with Gasteiger partial charge in [-0.05, 0) is 12.1 Å². The zero-order valence-electron chi connectivity index (χ0n) is 7.24. The maximum absolute atomic E-state index is 10.2. The molecule has 1 rings (SSSR count). The lowest BCUT2D eigenvalue weighted by molar-refractivity contribution is -0.137. The summed E-state index contributed by atoms with van der Waals surface area (Å²) in [6.45, 7) is 0.00321. The van der Waals surface area contributed by atoms with E-state index in [1.165, 1.54) is 12.1 Å². The summed E-state index contributed by atoms with van der Waals surface area (Å²) >= 11 is 5.61. The molecule has 1 aromatic rings. The molecule has 2 N–H and O–H groups in total. The lowest BCUT2D eigenvalue weighted by Gasteiger charge is -2.06. The smallest absolute Gasteiger partial charge is 0.306 e. The van der Waals surface area contributed by atoms with Gasteiger partial charge in [0.15, 0.2) is 11.5 Å². The first-order valence-electron chi connectivity index (χ1n) is 3.93. The number of para-hydroxylation sites is 1. The summed E-state index contributed by atoms with van der Waals surface area (Å²) in [4.78, 5) is 10.2. The molecule has 0 atom stereocenters. The number of ether oxygens (including phenoxy) is 1. The Labute approximate surface area is 85.7 Å². The Bertz CT molecular complexity index is 338. The first-order valence-corrected chi connectivity index (χ1v) is 4.31. The number of carboxylic acid groups (broad SMARTS) is 1. The SMILES string of the molecule is O=C(O)CCOc1cccc(Cl)c1O. The summed E-state index contributed by atoms with van der Waals surface area (Å²) in [6.07, 6.45) is -0.119. The third-order valence-electron chi connectivity index (χ3n) is 1.52. The molecular weight excluding hydrogens is 208 g/mol. The normalized spacial score (nSPS) is 9.79. The van der Waals surface area contributed by atoms with Gasteiger partial charge in [0.05, 0.1) is 18.1 Å². The number of halogens is 1. The van der Waals surface area contributed by atoms with Gasteiger partial charge in [0.1, 0.15) is 0 Å². The van der Waals surface area contributed by atoms with E-state index >= 15 is 0 Å². The predicted octanol–water partition coefficient (Wildman–Crippen LogP) is 1.90. The summed E-state index contributed by atoms with van der Waals surface area (Å²) < 4.78 is 5.01. The van der Waals surface area contributed by atoms with Crippen LogP contribution in [0.5, 0.6) is 11.5 Å². The zero-order valence-corrected chi connectivity index (χ0v) is 7.99. The number of aromatic hydroxyl groups is 1. The van der Waals surface area contributed by atoms with Crippen molar-refractivity contribution in [3.05, 3.63) is 23.2 Å². The van der Waals surface area contributed by atoms with E-state index in [1.54, 1.807) is 6.07 Å². The van der Waals surface area contributed by atoms with Crippen LogP contribution >= 0.6 is 11.6 Å². The maximum Gasteiger partial charge on any atom is 0.306 e. The Morgan fingerprint density at radius 3 is 2.86 bits per heavy atom. The number of carboxylic acids is 1. The molecule has 0 bridgehead atoms. The molecule has 0 aliphatic rings. The lowest BCUT2D eigenvalue weighted by atomic mass is 10.3. The largest absolute Gasteiger partial charge is 0.503 e. The topological polar surface area (TPSA) is 66.8 Å². The Balaban J connectivity index is 2.59. The number of phenols is 1. The molecule has 0 aliphatic carbocycles. The van der Waals surface area contributed by atoms with Crippen molar-refractivity contribution in [2.24, 2.45) is 0 Å². The Morgan fingerprint density at radius 2 is 2.21 bits per heavy atom. The summed E-state index contributed by atoms with van der Waals surface area (Å²) in [5.41, 5.74) is 0. The quantitative estimate of drug-likeness (QED) is 0.807. The molecule has 0 fully saturated rings. The average molecular weight is 217 g/mol. The molecule has 0 aliphatic heterocycles. The van der Waals surface area contributed by atoms with Gasteiger partial charge in [-0.2, -0.15) is 0 Å². The molecule has 0 spiro atoms. The number of hydrogen-bond donors (Lipinski definition) is 2. The van der Waals surface area contributed by atoms with Crippen molar-refractivity contribution in [2.45, 2.75) is 6.42 Å². The number of aliphatic carboxylic acids is 1. The average Bonchev–Trinajstić information content (AvgIpc) is 2.12. The highest BCUT2D eigenvalue weighted by Crippen LogP contribution is 2.33. The second-order valence-electron chi connectivity index (χ2n) is 2.58. The highest BCUT2D eigenvalue weighted by atomic mass is 35.5. The molecule has 4 nitrogen and oxygen atoms in total. The van der Waals surface area contributed by atoms with Crippen molar-refractivity contribution in [2.75, 3.05) is 6.61 Å². The molecule has 0 radical (unpaired) electrons. The van der Waals surface area contributed by atoms with E-state index in [2.05, 4.69) is 0 Å². The van der Waals surface area contributed by atoms with Crippen LogP contribution in [0.1, 0.15) is 6.42 Å². The summed E-state index contributed by atoms with van der Waals surface area (Å²) in [7, 11) is 0. The molecule has 14 heavy (non-hydrogen) atoms. The Hall–Kier alpha value is -1.42. The number of hydrogen-bond acceptors (Lipinski definition) is 3. The fraction of sp³-hybridized carbons (Fsp3) is 0.222. The van der Waals surface area contributed by atoms with Crippen LogP contribution in [0, 0.1) is 0 Å². The van der Waals surface area contributed by atoms with Crippen molar-refractivity contribution in [1.82, 2.24) is 0 Å². The zero-order chi connectivity index (χ0) is 10.6. The summed E-state index contributed by atoms with van der Waals surface area (Å²) in [5, 5.41) is 17.9. The molecule has 0 unspecified atom stereocenters. The van der Waals surface area contributed by atoms with Crippen molar-refractivity contribution in [1.29, 1.82) is 0 Å². The molecule has 0 aromatic heterocycles. The van der Waals surface area contributed by atoms with Crippen LogP contribution in [0.25, 0.3) is 0 Å². The van der Waals surface area contributed by atoms with E-state index in [0.717, 1.165) is 0 Å². The fourth-order valence-electron chi connectivity index (χ4n) is 0.860. The van der Waals surface area contributed by atoms with Gasteiger partial charge in [-0.1, -0.05) is 17.7 Å². The fourth-order valence-corrected chi connectivity index (χ4v) is 1.03. The minimum Gasteiger partial charge on any atom is -0.503 e. The monoisotopic (exact) mass is 216 g/mol. The molecule has 0 amide bonds. The van der Waals surface area contributed by atoms with Crippen molar-refractivity contribution in [3.63, 3.8) is 0 Å². The van der Waals surface area contributed by atoms with E-state index in [1.807, 2.05) is 0 Å². The lowest BCUT2D eigenvalue weighted by Crippen LogP contribution is -2.04. The van der Waals surface area contributed by atoms with E-state index in [9.17, 15) is 9.90 Å². The highest BCUT2D eigenvalue weighted by molar-refractivity contribution is 6.32. The van der Waals surface area contributed by atoms with Crippen molar-refractivity contribution in [3.8, 4) is 11.5 Å². The molecule has 76 valence electrons. The van der Waals surface area contributed by atoms with Gasteiger partial charge < -0.3 is 14.9 Å². The number of phenolic OH excluding ortho intramolecular Hbond substituents is 1. The molecule has 0 saturated heterocycles. The predicted molar refractivity (Wildman–Crippen MR) is 50.9 cm³/mol. The van der Waals surface area contributed by atoms with Crippen LogP contribution < -0.4 is 4.74 Å². The summed E-state index contributed by atoms with van der Waals surface area (Å²) in [5.74, 6) is -0.926. The van der Waals surface area contributed by atoms with E-state index in [4.69, 9.17) is 21.4 Å². The van der Waals surface area contributed by atoms with Crippen LogP contribution in [-0.2, 0) is 4.79 Å². The highest BCUT2D eigenvalue weighted by Gasteiger charge is 2.06. The number of carbonyl (C=O) groups is 1. The van der Waals surface area contributed by atoms with E-state index in [0.29, 0.717) is 0 Å². The van der Waals surface area contributed by atoms with Crippen LogP contribution in [0.3, 0.4) is 0 Å². The Kier molecular flexibility index (Phi) is 3.59. The van der Waals surface area contributed by atoms with Gasteiger partial charge in [0.25, 0.3) is 0 Å². The second kappa shape index (κ2) is 4.72. The first-order chi connectivity index (χ1) is 6.61. The maximum atomic E-state index is 10.2.